The SMILES string of the molecule is O=C(NCc1cccnc1-n1ccnc1)c1ccc(CSc2nc3ccccc3s2)cc1. The van der Waals surface area contributed by atoms with Crippen molar-refractivity contribution in [2.75, 3.05) is 0 Å². The van der Waals surface area contributed by atoms with Gasteiger partial charge in [-0.05, 0) is 35.9 Å². The molecular weight excluding hydrogens is 438 g/mol. The fraction of sp³-hybridized carbons (Fsp3) is 0.0833. The number of carbonyl (C=O) groups excluding carboxylic acids is 1. The first-order valence-corrected chi connectivity index (χ1v) is 11.8. The number of thiazole rings is 1. The lowest BCUT2D eigenvalue weighted by Gasteiger charge is -2.10. The second kappa shape index (κ2) is 9.33. The number of benzene rings is 2. The number of para-hydroxylation sites is 1. The number of rotatable bonds is 7. The fourth-order valence-corrected chi connectivity index (χ4v) is 5.30. The largest absolute Gasteiger partial charge is 0.348 e. The van der Waals surface area contributed by atoms with Gasteiger partial charge in [-0.2, -0.15) is 0 Å². The van der Waals surface area contributed by atoms with E-state index in [-0.39, 0.29) is 5.91 Å². The number of carbonyl (C=O) groups is 1. The van der Waals surface area contributed by atoms with Crippen molar-refractivity contribution in [2.45, 2.75) is 16.6 Å². The first-order valence-electron chi connectivity index (χ1n) is 10.0. The quantitative estimate of drug-likeness (QED) is 0.344. The van der Waals surface area contributed by atoms with Crippen molar-refractivity contribution in [1.82, 2.24) is 24.8 Å². The molecule has 0 saturated heterocycles. The number of aromatic nitrogens is 4. The first kappa shape index (κ1) is 20.4. The number of nitrogens with one attached hydrogen (secondary N) is 1. The Morgan fingerprint density at radius 2 is 1.91 bits per heavy atom. The van der Waals surface area contributed by atoms with Gasteiger partial charge in [-0.25, -0.2) is 15.0 Å². The van der Waals surface area contributed by atoms with E-state index in [1.54, 1.807) is 41.8 Å². The lowest BCUT2D eigenvalue weighted by atomic mass is 10.1. The van der Waals surface area contributed by atoms with Crippen LogP contribution in [0.15, 0.2) is 89.9 Å². The lowest BCUT2D eigenvalue weighted by Crippen LogP contribution is -2.23. The maximum Gasteiger partial charge on any atom is 0.251 e. The second-order valence-corrected chi connectivity index (χ2v) is 9.32. The molecule has 1 N–H and O–H groups in total. The van der Waals surface area contributed by atoms with E-state index in [9.17, 15) is 4.79 Å². The summed E-state index contributed by atoms with van der Waals surface area (Å²) in [5.41, 5.74) is 3.74. The summed E-state index contributed by atoms with van der Waals surface area (Å²) in [6, 6.07) is 19.7. The molecule has 0 fully saturated rings. The Hall–Kier alpha value is -3.49. The summed E-state index contributed by atoms with van der Waals surface area (Å²) >= 11 is 3.42. The minimum Gasteiger partial charge on any atom is -0.348 e. The Labute approximate surface area is 193 Å². The third kappa shape index (κ3) is 4.56. The van der Waals surface area contributed by atoms with Crippen LogP contribution in [0.5, 0.6) is 0 Å². The predicted octanol–water partition coefficient (Wildman–Crippen LogP) is 5.10. The molecule has 0 atom stereocenters. The van der Waals surface area contributed by atoms with E-state index in [0.717, 1.165) is 32.6 Å². The van der Waals surface area contributed by atoms with Gasteiger partial charge in [0.2, 0.25) is 0 Å². The summed E-state index contributed by atoms with van der Waals surface area (Å²) in [6.45, 7) is 0.384. The molecule has 6 nitrogen and oxygen atoms in total. The molecule has 0 radical (unpaired) electrons. The van der Waals surface area contributed by atoms with Crippen molar-refractivity contribution >= 4 is 39.2 Å². The second-order valence-electron chi connectivity index (χ2n) is 7.07. The van der Waals surface area contributed by atoms with E-state index >= 15 is 0 Å². The molecule has 0 bridgehead atoms. The summed E-state index contributed by atoms with van der Waals surface area (Å²) in [6.07, 6.45) is 6.96. The molecule has 2 aromatic carbocycles. The van der Waals surface area contributed by atoms with Gasteiger partial charge in [-0.15, -0.1) is 11.3 Å². The summed E-state index contributed by atoms with van der Waals surface area (Å²) in [4.78, 5) is 25.8. The number of nitrogens with zero attached hydrogens (tertiary/aromatic N) is 4. The summed E-state index contributed by atoms with van der Waals surface area (Å²) < 4.78 is 4.09. The Morgan fingerprint density at radius 3 is 2.72 bits per heavy atom. The van der Waals surface area contributed by atoms with E-state index in [1.165, 1.54) is 4.70 Å². The van der Waals surface area contributed by atoms with Crippen LogP contribution in [-0.4, -0.2) is 25.4 Å². The fourth-order valence-electron chi connectivity index (χ4n) is 3.27. The Kier molecular flexibility index (Phi) is 5.96. The summed E-state index contributed by atoms with van der Waals surface area (Å²) in [5, 5.41) is 2.98. The third-order valence-corrected chi connectivity index (χ3v) is 7.16. The van der Waals surface area contributed by atoms with Gasteiger partial charge < -0.3 is 5.32 Å². The molecule has 0 aliphatic carbocycles. The monoisotopic (exact) mass is 457 g/mol. The number of thioether (sulfide) groups is 1. The molecule has 0 aliphatic heterocycles. The van der Waals surface area contributed by atoms with Crippen molar-refractivity contribution in [3.05, 3.63) is 102 Å². The summed E-state index contributed by atoms with van der Waals surface area (Å²) in [5.74, 6) is 1.45. The van der Waals surface area contributed by atoms with Crippen molar-refractivity contribution in [2.24, 2.45) is 0 Å². The number of imidazole rings is 1. The highest BCUT2D eigenvalue weighted by molar-refractivity contribution is 8.00. The normalized spacial score (nSPS) is 11.0. The number of pyridine rings is 1. The first-order chi connectivity index (χ1) is 15.8. The van der Waals surface area contributed by atoms with Gasteiger partial charge in [0.05, 0.1) is 10.2 Å². The van der Waals surface area contributed by atoms with Crippen LogP contribution in [0.25, 0.3) is 16.0 Å². The number of fused-ring (bicyclic) bond motifs is 1. The van der Waals surface area contributed by atoms with Crippen LogP contribution in [0.2, 0.25) is 0 Å². The molecule has 1 amide bonds. The smallest absolute Gasteiger partial charge is 0.251 e. The van der Waals surface area contributed by atoms with Crippen molar-refractivity contribution in [1.29, 1.82) is 0 Å². The highest BCUT2D eigenvalue weighted by Crippen LogP contribution is 2.31. The van der Waals surface area contributed by atoms with Crippen LogP contribution >= 0.6 is 23.1 Å². The number of hydrogen-bond acceptors (Lipinski definition) is 6. The minimum atomic E-state index is -0.115. The zero-order chi connectivity index (χ0) is 21.8. The van der Waals surface area contributed by atoms with Crippen LogP contribution in [0.4, 0.5) is 0 Å². The standard InChI is InChI=1S/C24H19N5OS2/c30-23(27-14-19-4-3-11-26-22(19)29-13-12-25-16-29)18-9-7-17(8-10-18)15-31-24-28-20-5-1-2-6-21(20)32-24/h1-13,16H,14-15H2,(H,27,30). The average molecular weight is 458 g/mol. The van der Waals surface area contributed by atoms with E-state index in [4.69, 9.17) is 0 Å². The summed E-state index contributed by atoms with van der Waals surface area (Å²) in [7, 11) is 0. The number of amides is 1. The van der Waals surface area contributed by atoms with Crippen molar-refractivity contribution < 1.29 is 4.79 Å². The van der Waals surface area contributed by atoms with Crippen molar-refractivity contribution in [3.63, 3.8) is 0 Å². The zero-order valence-corrected chi connectivity index (χ0v) is 18.6. The van der Waals surface area contributed by atoms with E-state index in [1.807, 2.05) is 65.4 Å². The Balaban J connectivity index is 1.19. The highest BCUT2D eigenvalue weighted by Gasteiger charge is 2.10. The average Bonchev–Trinajstić information content (AvgIpc) is 3.51. The highest BCUT2D eigenvalue weighted by atomic mass is 32.2. The molecule has 0 saturated carbocycles. The van der Waals surface area contributed by atoms with Crippen molar-refractivity contribution in [3.8, 4) is 5.82 Å². The van der Waals surface area contributed by atoms with Crippen LogP contribution in [0.3, 0.4) is 0 Å². The molecule has 5 rings (SSSR count). The van der Waals surface area contributed by atoms with Crippen LogP contribution in [0, 0.1) is 0 Å². The van der Waals surface area contributed by atoms with Gasteiger partial charge >= 0.3 is 0 Å². The molecular formula is C24H19N5OS2. The maximum absolute atomic E-state index is 12.6. The van der Waals surface area contributed by atoms with Crippen LogP contribution < -0.4 is 5.32 Å². The molecule has 3 aromatic heterocycles. The maximum atomic E-state index is 12.6. The third-order valence-electron chi connectivity index (χ3n) is 4.91. The minimum absolute atomic E-state index is 0.115. The number of hydrogen-bond donors (Lipinski definition) is 1. The van der Waals surface area contributed by atoms with Gasteiger partial charge in [0, 0.05) is 42.0 Å². The van der Waals surface area contributed by atoms with E-state index in [0.29, 0.717) is 12.1 Å². The molecule has 0 aliphatic rings. The lowest BCUT2D eigenvalue weighted by molar-refractivity contribution is 0.0951. The van der Waals surface area contributed by atoms with Gasteiger partial charge in [0.15, 0.2) is 4.34 Å². The molecule has 0 unspecified atom stereocenters. The molecule has 32 heavy (non-hydrogen) atoms. The molecule has 3 heterocycles. The van der Waals surface area contributed by atoms with E-state index < -0.39 is 0 Å². The van der Waals surface area contributed by atoms with Gasteiger partial charge in [0.1, 0.15) is 12.1 Å². The zero-order valence-electron chi connectivity index (χ0n) is 17.0. The van der Waals surface area contributed by atoms with Gasteiger partial charge in [-0.1, -0.05) is 42.1 Å². The molecule has 8 heteroatoms. The molecule has 158 valence electrons. The van der Waals surface area contributed by atoms with Gasteiger partial charge in [-0.3, -0.25) is 9.36 Å². The van der Waals surface area contributed by atoms with Crippen LogP contribution in [0.1, 0.15) is 21.5 Å². The molecule has 5 aromatic rings. The Morgan fingerprint density at radius 1 is 1.03 bits per heavy atom. The van der Waals surface area contributed by atoms with E-state index in [2.05, 4.69) is 26.3 Å². The predicted molar refractivity (Wildman–Crippen MR) is 128 cm³/mol. The topological polar surface area (TPSA) is 72.7 Å². The van der Waals surface area contributed by atoms with Gasteiger partial charge in [0.25, 0.3) is 5.91 Å². The Bertz CT molecular complexity index is 1310. The van der Waals surface area contributed by atoms with Crippen LogP contribution in [-0.2, 0) is 12.3 Å². The molecule has 0 spiro atoms.